The lowest BCUT2D eigenvalue weighted by Crippen LogP contribution is -2.53. The fraction of sp³-hybridized carbons (Fsp3) is 0.440. The Bertz CT molecular complexity index is 831. The average molecular weight is 427 g/mol. The minimum atomic E-state index is -0.491. The Kier molecular flexibility index (Phi) is 8.97. The molecule has 5 heteroatoms. The van der Waals surface area contributed by atoms with Crippen molar-refractivity contribution in [2.45, 2.75) is 64.9 Å². The Hall–Kier alpha value is -2.27. The first-order valence-corrected chi connectivity index (χ1v) is 11.6. The maximum Gasteiger partial charge on any atom is 0.243 e. The summed E-state index contributed by atoms with van der Waals surface area (Å²) in [7, 11) is 0. The highest BCUT2D eigenvalue weighted by atomic mass is 32.2. The summed E-state index contributed by atoms with van der Waals surface area (Å²) in [5.41, 5.74) is 3.03. The fourth-order valence-corrected chi connectivity index (χ4v) is 4.16. The van der Waals surface area contributed by atoms with Crippen LogP contribution in [0.3, 0.4) is 0 Å². The van der Waals surface area contributed by atoms with Crippen LogP contribution in [0.15, 0.2) is 54.6 Å². The molecule has 0 radical (unpaired) electrons. The third-order valence-electron chi connectivity index (χ3n) is 4.66. The number of rotatable bonds is 9. The first kappa shape index (κ1) is 24.0. The molecule has 0 aliphatic heterocycles. The summed E-state index contributed by atoms with van der Waals surface area (Å²) >= 11 is 1.59. The first-order chi connectivity index (χ1) is 14.2. The molecule has 0 spiro atoms. The maximum absolute atomic E-state index is 13.2. The van der Waals surface area contributed by atoms with E-state index in [1.165, 1.54) is 5.56 Å². The van der Waals surface area contributed by atoms with Gasteiger partial charge in [0.1, 0.15) is 6.04 Å². The molecular weight excluding hydrogens is 392 g/mol. The Labute approximate surface area is 185 Å². The quantitative estimate of drug-likeness (QED) is 0.617. The van der Waals surface area contributed by atoms with Gasteiger partial charge >= 0.3 is 0 Å². The van der Waals surface area contributed by atoms with E-state index in [2.05, 4.69) is 23.5 Å². The largest absolute Gasteiger partial charge is 0.350 e. The van der Waals surface area contributed by atoms with E-state index in [-0.39, 0.29) is 17.4 Å². The monoisotopic (exact) mass is 426 g/mol. The first-order valence-electron chi connectivity index (χ1n) is 10.5. The number of amides is 2. The Morgan fingerprint density at radius 3 is 2.30 bits per heavy atom. The molecule has 4 nitrogen and oxygen atoms in total. The molecule has 0 aliphatic carbocycles. The summed E-state index contributed by atoms with van der Waals surface area (Å²) in [5, 5.41) is 3.04. The number of carbonyl (C=O) groups is 2. The van der Waals surface area contributed by atoms with Crippen molar-refractivity contribution in [1.29, 1.82) is 0 Å². The van der Waals surface area contributed by atoms with Crippen LogP contribution >= 0.6 is 11.8 Å². The van der Waals surface area contributed by atoms with E-state index in [4.69, 9.17) is 0 Å². The molecule has 0 unspecified atom stereocenters. The van der Waals surface area contributed by atoms with E-state index in [1.54, 1.807) is 16.7 Å². The van der Waals surface area contributed by atoms with Crippen LogP contribution in [0, 0.1) is 6.92 Å². The maximum atomic E-state index is 13.2. The Morgan fingerprint density at radius 2 is 1.70 bits per heavy atom. The SMILES string of the molecule is CC[C@H](C(=O)NC(C)(C)C)N(Cc1cccc(C)c1)C(=O)CSCc1ccccc1. The molecule has 2 amide bonds. The van der Waals surface area contributed by atoms with Crippen molar-refractivity contribution in [3.63, 3.8) is 0 Å². The summed E-state index contributed by atoms with van der Waals surface area (Å²) in [5.74, 6) is 1.02. The lowest BCUT2D eigenvalue weighted by Gasteiger charge is -2.33. The second-order valence-electron chi connectivity index (χ2n) is 8.65. The van der Waals surface area contributed by atoms with E-state index in [9.17, 15) is 9.59 Å². The standard InChI is InChI=1S/C25H34N2O2S/c1-6-22(24(29)26-25(3,4)5)27(16-21-14-10-11-19(2)15-21)23(28)18-30-17-20-12-8-7-9-13-20/h7-15,22H,6,16-18H2,1-5H3,(H,26,29)/t22-/m1/s1. The van der Waals surface area contributed by atoms with Crippen molar-refractivity contribution in [2.24, 2.45) is 0 Å². The molecule has 2 aromatic carbocycles. The highest BCUT2D eigenvalue weighted by Crippen LogP contribution is 2.18. The van der Waals surface area contributed by atoms with Crippen molar-refractivity contribution in [2.75, 3.05) is 5.75 Å². The molecule has 2 aromatic rings. The van der Waals surface area contributed by atoms with Crippen LogP contribution in [0.5, 0.6) is 0 Å². The number of carbonyl (C=O) groups excluding carboxylic acids is 2. The summed E-state index contributed by atoms with van der Waals surface area (Å²) in [6.45, 7) is 10.3. The summed E-state index contributed by atoms with van der Waals surface area (Å²) in [6.07, 6.45) is 0.572. The lowest BCUT2D eigenvalue weighted by molar-refractivity contribution is -0.140. The van der Waals surface area contributed by atoms with Crippen LogP contribution < -0.4 is 5.32 Å². The second-order valence-corrected chi connectivity index (χ2v) is 9.64. The van der Waals surface area contributed by atoms with Crippen molar-refractivity contribution in [3.8, 4) is 0 Å². The Morgan fingerprint density at radius 1 is 1.03 bits per heavy atom. The zero-order chi connectivity index (χ0) is 22.1. The van der Waals surface area contributed by atoms with Crippen LogP contribution in [0.1, 0.15) is 50.8 Å². The number of nitrogens with one attached hydrogen (secondary N) is 1. The van der Waals surface area contributed by atoms with Gasteiger partial charge in [0, 0.05) is 17.8 Å². The summed E-state index contributed by atoms with van der Waals surface area (Å²) in [4.78, 5) is 27.9. The van der Waals surface area contributed by atoms with Crippen molar-refractivity contribution in [3.05, 3.63) is 71.3 Å². The molecule has 0 heterocycles. The van der Waals surface area contributed by atoms with Crippen LogP contribution in [-0.4, -0.2) is 34.0 Å². The number of benzene rings is 2. The molecule has 0 saturated heterocycles. The smallest absolute Gasteiger partial charge is 0.243 e. The van der Waals surface area contributed by atoms with Gasteiger partial charge in [0.25, 0.3) is 0 Å². The van der Waals surface area contributed by atoms with E-state index in [0.29, 0.717) is 18.7 Å². The molecule has 0 bridgehead atoms. The highest BCUT2D eigenvalue weighted by Gasteiger charge is 2.30. The van der Waals surface area contributed by atoms with E-state index >= 15 is 0 Å². The van der Waals surface area contributed by atoms with Crippen LogP contribution in [0.25, 0.3) is 0 Å². The molecule has 0 aliphatic rings. The fourth-order valence-electron chi connectivity index (χ4n) is 3.29. The van der Waals surface area contributed by atoms with Gasteiger partial charge in [0.2, 0.25) is 11.8 Å². The second kappa shape index (κ2) is 11.2. The van der Waals surface area contributed by atoms with Gasteiger partial charge in [0.05, 0.1) is 5.75 Å². The lowest BCUT2D eigenvalue weighted by atomic mass is 10.1. The molecule has 162 valence electrons. The number of aryl methyl sites for hydroxylation is 1. The van der Waals surface area contributed by atoms with Crippen LogP contribution in [0.4, 0.5) is 0 Å². The zero-order valence-electron chi connectivity index (χ0n) is 18.8. The van der Waals surface area contributed by atoms with Gasteiger partial charge in [-0.05, 0) is 45.2 Å². The minimum Gasteiger partial charge on any atom is -0.350 e. The van der Waals surface area contributed by atoms with Gasteiger partial charge in [-0.1, -0.05) is 67.1 Å². The molecule has 1 N–H and O–H groups in total. The summed E-state index contributed by atoms with van der Waals surface area (Å²) < 4.78 is 0. The van der Waals surface area contributed by atoms with Gasteiger partial charge in [-0.2, -0.15) is 0 Å². The molecule has 2 rings (SSSR count). The van der Waals surface area contributed by atoms with Crippen LogP contribution in [0.2, 0.25) is 0 Å². The summed E-state index contributed by atoms with van der Waals surface area (Å²) in [6, 6.07) is 17.8. The number of thioether (sulfide) groups is 1. The molecular formula is C25H34N2O2S. The third-order valence-corrected chi connectivity index (χ3v) is 5.65. The topological polar surface area (TPSA) is 49.4 Å². The van der Waals surface area contributed by atoms with E-state index < -0.39 is 6.04 Å². The highest BCUT2D eigenvalue weighted by molar-refractivity contribution is 7.99. The number of hydrogen-bond acceptors (Lipinski definition) is 3. The van der Waals surface area contributed by atoms with Crippen molar-refractivity contribution >= 4 is 23.6 Å². The van der Waals surface area contributed by atoms with Crippen molar-refractivity contribution < 1.29 is 9.59 Å². The number of nitrogens with zero attached hydrogens (tertiary/aromatic N) is 1. The van der Waals surface area contributed by atoms with E-state index in [1.807, 2.05) is 71.0 Å². The third kappa shape index (κ3) is 7.86. The van der Waals surface area contributed by atoms with Gasteiger partial charge < -0.3 is 10.2 Å². The van der Waals surface area contributed by atoms with Gasteiger partial charge in [-0.25, -0.2) is 0 Å². The number of hydrogen-bond donors (Lipinski definition) is 1. The van der Waals surface area contributed by atoms with Gasteiger partial charge in [-0.15, -0.1) is 11.8 Å². The molecule has 0 saturated carbocycles. The van der Waals surface area contributed by atoms with Gasteiger partial charge in [-0.3, -0.25) is 9.59 Å². The predicted octanol–water partition coefficient (Wildman–Crippen LogP) is 4.95. The Balaban J connectivity index is 2.15. The van der Waals surface area contributed by atoms with E-state index in [0.717, 1.165) is 16.9 Å². The van der Waals surface area contributed by atoms with Crippen LogP contribution in [-0.2, 0) is 21.9 Å². The molecule has 30 heavy (non-hydrogen) atoms. The minimum absolute atomic E-state index is 0.00616. The predicted molar refractivity (Wildman–Crippen MR) is 126 cm³/mol. The molecule has 0 aromatic heterocycles. The van der Waals surface area contributed by atoms with Crippen molar-refractivity contribution in [1.82, 2.24) is 10.2 Å². The average Bonchev–Trinajstić information content (AvgIpc) is 2.67. The molecule has 0 fully saturated rings. The normalized spacial score (nSPS) is 12.3. The zero-order valence-corrected chi connectivity index (χ0v) is 19.6. The molecule has 1 atom stereocenters. The van der Waals surface area contributed by atoms with Gasteiger partial charge in [0.15, 0.2) is 0 Å².